The quantitative estimate of drug-likeness (QED) is 0.777. The highest BCUT2D eigenvalue weighted by molar-refractivity contribution is 7.15. The lowest BCUT2D eigenvalue weighted by molar-refractivity contribution is 0.102. The maximum atomic E-state index is 12.8. The van der Waals surface area contributed by atoms with E-state index in [2.05, 4.69) is 25.7 Å². The second kappa shape index (κ2) is 5.62. The number of carbonyl (C=O) groups is 1. The van der Waals surface area contributed by atoms with Gasteiger partial charge in [-0.25, -0.2) is 4.98 Å². The number of hydrogen-bond acceptors (Lipinski definition) is 7. The third kappa shape index (κ3) is 2.66. The Morgan fingerprint density at radius 1 is 1.38 bits per heavy atom. The fraction of sp³-hybridized carbons (Fsp3) is 0.438. The minimum absolute atomic E-state index is 0.175. The van der Waals surface area contributed by atoms with Gasteiger partial charge in [-0.3, -0.25) is 10.1 Å². The molecule has 1 N–H and O–H groups in total. The Bertz CT molecular complexity index is 926. The van der Waals surface area contributed by atoms with Crippen molar-refractivity contribution in [2.24, 2.45) is 0 Å². The molecule has 0 aliphatic heterocycles. The second-order valence-electron chi connectivity index (χ2n) is 6.37. The highest BCUT2D eigenvalue weighted by atomic mass is 32.1. The summed E-state index contributed by atoms with van der Waals surface area (Å²) >= 11 is 1.44. The molecular formula is C16H17N5O2S. The lowest BCUT2D eigenvalue weighted by Gasteiger charge is -2.08. The summed E-state index contributed by atoms with van der Waals surface area (Å²) in [6, 6.07) is 1.80. The topological polar surface area (TPSA) is 93.8 Å². The highest BCUT2D eigenvalue weighted by Crippen LogP contribution is 2.42. The molecule has 1 saturated carbocycles. The van der Waals surface area contributed by atoms with Crippen molar-refractivity contribution < 1.29 is 9.32 Å². The van der Waals surface area contributed by atoms with Gasteiger partial charge in [0.05, 0.1) is 16.6 Å². The molecule has 0 bridgehead atoms. The van der Waals surface area contributed by atoms with Gasteiger partial charge in [0.25, 0.3) is 11.6 Å². The van der Waals surface area contributed by atoms with Crippen LogP contribution in [0.4, 0.5) is 5.13 Å². The van der Waals surface area contributed by atoms with E-state index in [1.54, 1.807) is 13.0 Å². The normalized spacial score (nSPS) is 14.5. The van der Waals surface area contributed by atoms with Crippen molar-refractivity contribution in [3.05, 3.63) is 28.0 Å². The molecule has 8 heteroatoms. The number of nitrogens with one attached hydrogen (secondary N) is 1. The van der Waals surface area contributed by atoms with Crippen LogP contribution < -0.4 is 5.32 Å². The number of aryl methyl sites for hydroxylation is 1. The number of rotatable bonds is 4. The molecule has 0 aromatic carbocycles. The lowest BCUT2D eigenvalue weighted by atomic mass is 10.0. The van der Waals surface area contributed by atoms with Crippen molar-refractivity contribution in [1.82, 2.24) is 20.3 Å². The summed E-state index contributed by atoms with van der Waals surface area (Å²) < 4.78 is 5.26. The highest BCUT2D eigenvalue weighted by Gasteiger charge is 2.28. The van der Waals surface area contributed by atoms with E-state index in [0.717, 1.165) is 23.5 Å². The van der Waals surface area contributed by atoms with Crippen LogP contribution >= 0.6 is 11.3 Å². The van der Waals surface area contributed by atoms with Crippen LogP contribution in [0.1, 0.15) is 65.3 Å². The number of hydrogen-bond donors (Lipinski definition) is 1. The summed E-state index contributed by atoms with van der Waals surface area (Å²) in [5, 5.41) is 17.2. The molecule has 3 heterocycles. The Kier molecular flexibility index (Phi) is 3.56. The Balaban J connectivity index is 1.70. The third-order valence-electron chi connectivity index (χ3n) is 4.06. The number of amides is 1. The maximum absolute atomic E-state index is 12.8. The predicted octanol–water partition coefficient (Wildman–Crippen LogP) is 3.64. The van der Waals surface area contributed by atoms with E-state index in [1.807, 2.05) is 13.8 Å². The molecule has 4 rings (SSSR count). The van der Waals surface area contributed by atoms with Gasteiger partial charge in [-0.2, -0.15) is 0 Å². The molecule has 0 saturated heterocycles. The van der Waals surface area contributed by atoms with Crippen LogP contribution in [0.15, 0.2) is 10.6 Å². The maximum Gasteiger partial charge on any atom is 0.259 e. The van der Waals surface area contributed by atoms with Crippen molar-refractivity contribution >= 4 is 33.5 Å². The van der Waals surface area contributed by atoms with Gasteiger partial charge in [0.2, 0.25) is 5.13 Å². The van der Waals surface area contributed by atoms with Crippen LogP contribution in [0, 0.1) is 6.92 Å². The van der Waals surface area contributed by atoms with E-state index in [4.69, 9.17) is 4.52 Å². The number of fused-ring (bicyclic) bond motifs is 1. The summed E-state index contributed by atoms with van der Waals surface area (Å²) in [5.41, 5.74) is 2.33. The zero-order valence-corrected chi connectivity index (χ0v) is 14.5. The Hall–Kier alpha value is -2.35. The van der Waals surface area contributed by atoms with Crippen LogP contribution in [0.5, 0.6) is 0 Å². The van der Waals surface area contributed by atoms with E-state index < -0.39 is 0 Å². The van der Waals surface area contributed by atoms with Crippen LogP contribution in [0.2, 0.25) is 0 Å². The number of carbonyl (C=O) groups excluding carboxylic acids is 1. The van der Waals surface area contributed by atoms with Crippen molar-refractivity contribution in [3.63, 3.8) is 0 Å². The van der Waals surface area contributed by atoms with Gasteiger partial charge in [-0.1, -0.05) is 30.3 Å². The van der Waals surface area contributed by atoms with E-state index in [0.29, 0.717) is 33.4 Å². The molecule has 0 spiro atoms. The first kappa shape index (κ1) is 15.2. The minimum Gasteiger partial charge on any atom is -0.336 e. The SMILES string of the molecule is Cc1noc2nc(C(C)C)cc(C(=O)Nc3nnc(C4CC4)s3)c12. The fourth-order valence-electron chi connectivity index (χ4n) is 2.53. The van der Waals surface area contributed by atoms with Crippen LogP contribution in [-0.4, -0.2) is 26.2 Å². The number of aromatic nitrogens is 4. The van der Waals surface area contributed by atoms with Gasteiger partial charge in [0.15, 0.2) is 0 Å². The third-order valence-corrected chi connectivity index (χ3v) is 5.06. The molecule has 1 aliphatic rings. The summed E-state index contributed by atoms with van der Waals surface area (Å²) in [6.07, 6.45) is 2.32. The Labute approximate surface area is 142 Å². The first-order chi connectivity index (χ1) is 11.5. The molecule has 0 atom stereocenters. The molecule has 24 heavy (non-hydrogen) atoms. The number of anilines is 1. The molecule has 1 amide bonds. The fourth-order valence-corrected chi connectivity index (χ4v) is 3.44. The first-order valence-electron chi connectivity index (χ1n) is 7.94. The molecule has 0 unspecified atom stereocenters. The summed E-state index contributed by atoms with van der Waals surface area (Å²) in [4.78, 5) is 17.2. The van der Waals surface area contributed by atoms with Gasteiger partial charge in [0, 0.05) is 11.6 Å². The largest absolute Gasteiger partial charge is 0.336 e. The average molecular weight is 343 g/mol. The molecule has 1 aliphatic carbocycles. The zero-order valence-electron chi connectivity index (χ0n) is 13.7. The monoisotopic (exact) mass is 343 g/mol. The summed E-state index contributed by atoms with van der Waals surface area (Å²) in [6.45, 7) is 5.84. The van der Waals surface area contributed by atoms with Gasteiger partial charge in [-0.15, -0.1) is 10.2 Å². The summed E-state index contributed by atoms with van der Waals surface area (Å²) in [7, 11) is 0. The zero-order chi connectivity index (χ0) is 16.8. The van der Waals surface area contributed by atoms with Crippen molar-refractivity contribution in [2.75, 3.05) is 5.32 Å². The first-order valence-corrected chi connectivity index (χ1v) is 8.76. The van der Waals surface area contributed by atoms with Crippen molar-refractivity contribution in [2.45, 2.75) is 45.4 Å². The number of pyridine rings is 1. The van der Waals surface area contributed by atoms with Crippen LogP contribution in [0.3, 0.4) is 0 Å². The molecule has 0 radical (unpaired) electrons. The van der Waals surface area contributed by atoms with E-state index >= 15 is 0 Å². The van der Waals surface area contributed by atoms with E-state index in [1.165, 1.54) is 11.3 Å². The Morgan fingerprint density at radius 2 is 2.17 bits per heavy atom. The lowest BCUT2D eigenvalue weighted by Crippen LogP contribution is -2.13. The predicted molar refractivity (Wildman–Crippen MR) is 90.5 cm³/mol. The van der Waals surface area contributed by atoms with Crippen LogP contribution in [-0.2, 0) is 0 Å². The van der Waals surface area contributed by atoms with Gasteiger partial charge >= 0.3 is 0 Å². The molecule has 124 valence electrons. The molecule has 3 aromatic heterocycles. The smallest absolute Gasteiger partial charge is 0.259 e. The van der Waals surface area contributed by atoms with Crippen molar-refractivity contribution in [3.8, 4) is 0 Å². The van der Waals surface area contributed by atoms with Gasteiger partial charge in [-0.05, 0) is 31.7 Å². The standard InChI is InChI=1S/C16H17N5O2S/c1-7(2)11-6-10(12-8(3)21-23-14(12)17-11)13(22)18-16-20-19-15(24-16)9-4-5-9/h6-7,9H,4-5H2,1-3H3,(H,18,20,22). The minimum atomic E-state index is -0.242. The molecule has 3 aromatic rings. The van der Waals surface area contributed by atoms with Gasteiger partial charge in [0.1, 0.15) is 5.01 Å². The molecule has 7 nitrogen and oxygen atoms in total. The van der Waals surface area contributed by atoms with Gasteiger partial charge < -0.3 is 4.52 Å². The summed E-state index contributed by atoms with van der Waals surface area (Å²) in [5.74, 6) is 0.456. The van der Waals surface area contributed by atoms with Crippen LogP contribution in [0.25, 0.3) is 11.1 Å². The molecule has 1 fully saturated rings. The van der Waals surface area contributed by atoms with E-state index in [-0.39, 0.29) is 11.8 Å². The molecular weight excluding hydrogens is 326 g/mol. The Morgan fingerprint density at radius 3 is 2.88 bits per heavy atom. The van der Waals surface area contributed by atoms with E-state index in [9.17, 15) is 4.79 Å². The number of nitrogens with zero attached hydrogens (tertiary/aromatic N) is 4. The second-order valence-corrected chi connectivity index (χ2v) is 7.38. The average Bonchev–Trinajstić information content (AvgIpc) is 3.20. The van der Waals surface area contributed by atoms with Crippen molar-refractivity contribution in [1.29, 1.82) is 0 Å².